The van der Waals surface area contributed by atoms with E-state index in [-0.39, 0.29) is 12.4 Å². The summed E-state index contributed by atoms with van der Waals surface area (Å²) in [5.74, 6) is -1.72. The molecule has 15 heavy (non-hydrogen) atoms. The maximum absolute atomic E-state index is 12.9. The highest BCUT2D eigenvalue weighted by Gasteiger charge is 2.14. The second-order valence-corrected chi connectivity index (χ2v) is 5.00. The molecule has 0 radical (unpaired) electrons. The molecular formula is C10H12F2O2S. The highest BCUT2D eigenvalue weighted by molar-refractivity contribution is 7.85. The first-order valence-electron chi connectivity index (χ1n) is 4.49. The van der Waals surface area contributed by atoms with Gasteiger partial charge in [0.25, 0.3) is 0 Å². The van der Waals surface area contributed by atoms with Gasteiger partial charge in [0.15, 0.2) is 11.6 Å². The molecule has 0 saturated carbocycles. The molecule has 1 aromatic rings. The van der Waals surface area contributed by atoms with Crippen LogP contribution < -0.4 is 0 Å². The quantitative estimate of drug-likeness (QED) is 0.862. The molecule has 0 fully saturated rings. The molecular weight excluding hydrogens is 222 g/mol. The third kappa shape index (κ3) is 3.07. The number of rotatable bonds is 4. The minimum Gasteiger partial charge on any atom is -0.395 e. The number of hydrogen-bond donors (Lipinski definition) is 1. The predicted molar refractivity (Wildman–Crippen MR) is 54.9 cm³/mol. The van der Waals surface area contributed by atoms with Gasteiger partial charge in [-0.1, -0.05) is 6.07 Å². The van der Waals surface area contributed by atoms with Gasteiger partial charge in [-0.15, -0.1) is 0 Å². The summed E-state index contributed by atoms with van der Waals surface area (Å²) in [6, 6.07) is 3.45. The van der Waals surface area contributed by atoms with Crippen molar-refractivity contribution in [1.29, 1.82) is 0 Å². The van der Waals surface area contributed by atoms with Crippen molar-refractivity contribution >= 4 is 10.8 Å². The van der Waals surface area contributed by atoms with Gasteiger partial charge in [-0.3, -0.25) is 4.21 Å². The highest BCUT2D eigenvalue weighted by Crippen LogP contribution is 2.21. The summed E-state index contributed by atoms with van der Waals surface area (Å²) in [5.41, 5.74) is 0.473. The number of aliphatic hydroxyl groups excluding tert-OH is 1. The van der Waals surface area contributed by atoms with Crippen LogP contribution in [0.4, 0.5) is 8.78 Å². The van der Waals surface area contributed by atoms with Crippen molar-refractivity contribution in [1.82, 2.24) is 0 Å². The standard InChI is InChI=1S/C10H12F2O2S/c1-7(15(14)5-4-13)8-2-3-9(11)10(12)6-8/h2-3,6-7,13H,4-5H2,1H3/t7-,15-/m0/s1. The zero-order valence-corrected chi connectivity index (χ0v) is 9.06. The molecule has 2 atom stereocenters. The predicted octanol–water partition coefficient (Wildman–Crippen LogP) is 1.77. The Hall–Kier alpha value is -0.810. The van der Waals surface area contributed by atoms with Crippen molar-refractivity contribution in [3.63, 3.8) is 0 Å². The summed E-state index contributed by atoms with van der Waals surface area (Å²) < 4.78 is 37.0. The van der Waals surface area contributed by atoms with Crippen LogP contribution in [0.3, 0.4) is 0 Å². The molecule has 0 aromatic heterocycles. The van der Waals surface area contributed by atoms with Crippen molar-refractivity contribution < 1.29 is 18.1 Å². The Kier molecular flexibility index (Phi) is 4.35. The first kappa shape index (κ1) is 12.3. The third-order valence-electron chi connectivity index (χ3n) is 2.10. The van der Waals surface area contributed by atoms with E-state index in [4.69, 9.17) is 5.11 Å². The van der Waals surface area contributed by atoms with E-state index in [1.807, 2.05) is 0 Å². The maximum Gasteiger partial charge on any atom is 0.159 e. The SMILES string of the molecule is C[C@@H](c1ccc(F)c(F)c1)[S@@](=O)CCO. The lowest BCUT2D eigenvalue weighted by Crippen LogP contribution is -2.09. The highest BCUT2D eigenvalue weighted by atomic mass is 32.2. The zero-order chi connectivity index (χ0) is 11.4. The molecule has 84 valence electrons. The van der Waals surface area contributed by atoms with E-state index in [1.165, 1.54) is 6.07 Å². The Morgan fingerprint density at radius 1 is 1.40 bits per heavy atom. The minimum absolute atomic E-state index is 0.139. The van der Waals surface area contributed by atoms with Crippen molar-refractivity contribution in [2.24, 2.45) is 0 Å². The second-order valence-electron chi connectivity index (χ2n) is 3.12. The Labute approximate surface area is 89.4 Å². The summed E-state index contributed by atoms with van der Waals surface area (Å²) in [5, 5.41) is 8.19. The summed E-state index contributed by atoms with van der Waals surface area (Å²) >= 11 is 0. The Morgan fingerprint density at radius 2 is 2.07 bits per heavy atom. The van der Waals surface area contributed by atoms with E-state index in [9.17, 15) is 13.0 Å². The van der Waals surface area contributed by atoms with Gasteiger partial charge in [0.05, 0.1) is 11.9 Å². The lowest BCUT2D eigenvalue weighted by atomic mass is 10.1. The monoisotopic (exact) mass is 234 g/mol. The fraction of sp³-hybridized carbons (Fsp3) is 0.400. The van der Waals surface area contributed by atoms with Gasteiger partial charge in [0, 0.05) is 16.6 Å². The van der Waals surface area contributed by atoms with Crippen LogP contribution in [0.25, 0.3) is 0 Å². The minimum atomic E-state index is -1.27. The molecule has 0 heterocycles. The van der Waals surface area contributed by atoms with Gasteiger partial charge < -0.3 is 5.11 Å². The normalized spacial score (nSPS) is 14.9. The first-order valence-corrected chi connectivity index (χ1v) is 5.87. The van der Waals surface area contributed by atoms with E-state index >= 15 is 0 Å². The summed E-state index contributed by atoms with van der Waals surface area (Å²) in [6.07, 6.45) is 0. The largest absolute Gasteiger partial charge is 0.395 e. The lowest BCUT2D eigenvalue weighted by Gasteiger charge is -2.11. The zero-order valence-electron chi connectivity index (χ0n) is 8.24. The maximum atomic E-state index is 12.9. The van der Waals surface area contributed by atoms with Crippen molar-refractivity contribution in [3.8, 4) is 0 Å². The van der Waals surface area contributed by atoms with Crippen LogP contribution in [0.15, 0.2) is 18.2 Å². The number of benzene rings is 1. The van der Waals surface area contributed by atoms with Gasteiger partial charge in [-0.05, 0) is 24.6 Å². The molecule has 0 saturated heterocycles. The number of aliphatic hydroxyl groups is 1. The van der Waals surface area contributed by atoms with Crippen LogP contribution in [-0.4, -0.2) is 21.7 Å². The summed E-state index contributed by atoms with van der Waals surface area (Å²) in [6.45, 7) is 1.47. The van der Waals surface area contributed by atoms with Crippen LogP contribution in [0.1, 0.15) is 17.7 Å². The molecule has 0 spiro atoms. The van der Waals surface area contributed by atoms with Gasteiger partial charge in [0.1, 0.15) is 0 Å². The van der Waals surface area contributed by atoms with Crippen LogP contribution >= 0.6 is 0 Å². The lowest BCUT2D eigenvalue weighted by molar-refractivity contribution is 0.321. The summed E-state index contributed by atoms with van der Waals surface area (Å²) in [7, 11) is -1.27. The van der Waals surface area contributed by atoms with Gasteiger partial charge >= 0.3 is 0 Å². The van der Waals surface area contributed by atoms with Crippen molar-refractivity contribution in [2.45, 2.75) is 12.2 Å². The molecule has 2 nitrogen and oxygen atoms in total. The molecule has 0 amide bonds. The molecule has 0 bridgehead atoms. The molecule has 1 N–H and O–H groups in total. The van der Waals surface area contributed by atoms with Crippen molar-refractivity contribution in [3.05, 3.63) is 35.4 Å². The van der Waals surface area contributed by atoms with E-state index < -0.39 is 27.7 Å². The van der Waals surface area contributed by atoms with Gasteiger partial charge in [0.2, 0.25) is 0 Å². The molecule has 0 unspecified atom stereocenters. The molecule has 1 aromatic carbocycles. The van der Waals surface area contributed by atoms with Crippen LogP contribution in [0.2, 0.25) is 0 Å². The van der Waals surface area contributed by atoms with E-state index in [0.717, 1.165) is 12.1 Å². The van der Waals surface area contributed by atoms with Crippen LogP contribution in [0, 0.1) is 11.6 Å². The summed E-state index contributed by atoms with van der Waals surface area (Å²) in [4.78, 5) is 0. The smallest absolute Gasteiger partial charge is 0.159 e. The number of hydrogen-bond acceptors (Lipinski definition) is 2. The topological polar surface area (TPSA) is 37.3 Å². The van der Waals surface area contributed by atoms with E-state index in [2.05, 4.69) is 0 Å². The van der Waals surface area contributed by atoms with Gasteiger partial charge in [-0.25, -0.2) is 8.78 Å². The molecule has 0 aliphatic carbocycles. The molecule has 1 rings (SSSR count). The van der Waals surface area contributed by atoms with Crippen molar-refractivity contribution in [2.75, 3.05) is 12.4 Å². The molecule has 5 heteroatoms. The second kappa shape index (κ2) is 5.32. The van der Waals surface area contributed by atoms with Crippen LogP contribution in [-0.2, 0) is 10.8 Å². The molecule has 0 aliphatic rings. The van der Waals surface area contributed by atoms with Gasteiger partial charge in [-0.2, -0.15) is 0 Å². The fourth-order valence-corrected chi connectivity index (χ4v) is 2.17. The fourth-order valence-electron chi connectivity index (χ4n) is 1.18. The first-order chi connectivity index (χ1) is 7.06. The Bertz CT molecular complexity index is 368. The average molecular weight is 234 g/mol. The number of halogens is 2. The Balaban J connectivity index is 2.86. The third-order valence-corrected chi connectivity index (χ3v) is 3.75. The van der Waals surface area contributed by atoms with E-state index in [0.29, 0.717) is 5.56 Å². The van der Waals surface area contributed by atoms with Crippen LogP contribution in [0.5, 0.6) is 0 Å². The molecule has 0 aliphatic heterocycles. The Morgan fingerprint density at radius 3 is 2.60 bits per heavy atom. The average Bonchev–Trinajstić information content (AvgIpc) is 2.21. The van der Waals surface area contributed by atoms with E-state index in [1.54, 1.807) is 6.92 Å².